The Morgan fingerprint density at radius 1 is 1.08 bits per heavy atom. The summed E-state index contributed by atoms with van der Waals surface area (Å²) in [6.07, 6.45) is 1.86. The molecule has 38 heavy (non-hydrogen) atoms. The number of fused-ring (bicyclic) bond motifs is 1. The van der Waals surface area contributed by atoms with Gasteiger partial charge in [0.05, 0.1) is 28.5 Å². The minimum Gasteiger partial charge on any atom is -0.507 e. The maximum atomic E-state index is 13.9. The van der Waals surface area contributed by atoms with Gasteiger partial charge in [0.25, 0.3) is 5.56 Å². The maximum Gasteiger partial charge on any atom is 0.338 e. The fraction of sp³-hybridized carbons (Fsp3) is 0.387. The fourth-order valence-corrected chi connectivity index (χ4v) is 5.82. The van der Waals surface area contributed by atoms with Crippen LogP contribution in [0.15, 0.2) is 63.5 Å². The zero-order valence-electron chi connectivity index (χ0n) is 23.4. The van der Waals surface area contributed by atoms with Crippen LogP contribution in [0.1, 0.15) is 83.7 Å². The molecule has 1 aliphatic rings. The number of hydrogen-bond donors (Lipinski definition) is 1. The summed E-state index contributed by atoms with van der Waals surface area (Å²) in [7, 11) is 0. The molecule has 0 radical (unpaired) electrons. The number of aromatic nitrogens is 1. The Balaban J connectivity index is 1.99. The lowest BCUT2D eigenvalue weighted by Crippen LogP contribution is -2.39. The van der Waals surface area contributed by atoms with Gasteiger partial charge in [0.1, 0.15) is 5.75 Å². The molecular formula is C31H36N2O4S. The van der Waals surface area contributed by atoms with Crippen LogP contribution in [0.2, 0.25) is 0 Å². The van der Waals surface area contributed by atoms with Crippen molar-refractivity contribution in [3.05, 3.63) is 95.7 Å². The summed E-state index contributed by atoms with van der Waals surface area (Å²) < 4.78 is 7.47. The molecule has 7 heteroatoms. The summed E-state index contributed by atoms with van der Waals surface area (Å²) in [6, 6.07) is 12.8. The highest BCUT2D eigenvalue weighted by Crippen LogP contribution is 2.40. The van der Waals surface area contributed by atoms with E-state index in [0.29, 0.717) is 26.4 Å². The summed E-state index contributed by atoms with van der Waals surface area (Å²) in [4.78, 5) is 32.1. The number of phenolic OH excluding ortho intramolecular Hbond substituents is 1. The highest BCUT2D eigenvalue weighted by Gasteiger charge is 2.33. The Bertz CT molecular complexity index is 1560. The van der Waals surface area contributed by atoms with Crippen LogP contribution in [-0.4, -0.2) is 22.2 Å². The normalized spacial score (nSPS) is 16.3. The van der Waals surface area contributed by atoms with Crippen LogP contribution < -0.4 is 14.9 Å². The molecule has 1 aromatic heterocycles. The van der Waals surface area contributed by atoms with Gasteiger partial charge in [0.2, 0.25) is 0 Å². The van der Waals surface area contributed by atoms with Crippen LogP contribution in [0.3, 0.4) is 0 Å². The van der Waals surface area contributed by atoms with Crippen molar-refractivity contribution < 1.29 is 14.6 Å². The highest BCUT2D eigenvalue weighted by molar-refractivity contribution is 7.07. The number of esters is 1. The van der Waals surface area contributed by atoms with Gasteiger partial charge in [0.15, 0.2) is 4.80 Å². The molecule has 0 bridgehead atoms. The van der Waals surface area contributed by atoms with E-state index in [2.05, 4.69) is 46.5 Å². The molecule has 4 rings (SSSR count). The molecule has 0 unspecified atom stereocenters. The molecule has 2 aromatic carbocycles. The van der Waals surface area contributed by atoms with E-state index in [1.807, 2.05) is 48.5 Å². The van der Waals surface area contributed by atoms with E-state index in [1.54, 1.807) is 18.4 Å². The van der Waals surface area contributed by atoms with Crippen molar-refractivity contribution in [1.82, 2.24) is 4.57 Å². The first-order chi connectivity index (χ1) is 17.7. The second-order valence-electron chi connectivity index (χ2n) is 11.7. The van der Waals surface area contributed by atoms with Gasteiger partial charge in [0, 0.05) is 11.1 Å². The van der Waals surface area contributed by atoms with Crippen LogP contribution >= 0.6 is 11.3 Å². The van der Waals surface area contributed by atoms with Gasteiger partial charge < -0.3 is 9.84 Å². The number of carbonyl (C=O) groups excluding carboxylic acids is 1. The van der Waals surface area contributed by atoms with Crippen molar-refractivity contribution in [1.29, 1.82) is 0 Å². The lowest BCUT2D eigenvalue weighted by molar-refractivity contribution is -0.139. The predicted octanol–water partition coefficient (Wildman–Crippen LogP) is 5.10. The Hall–Kier alpha value is -3.45. The van der Waals surface area contributed by atoms with Gasteiger partial charge in [-0.2, -0.15) is 0 Å². The molecule has 1 aliphatic heterocycles. The third-order valence-electron chi connectivity index (χ3n) is 6.68. The van der Waals surface area contributed by atoms with E-state index in [9.17, 15) is 14.7 Å². The van der Waals surface area contributed by atoms with E-state index < -0.39 is 12.0 Å². The molecule has 6 nitrogen and oxygen atoms in total. The molecule has 0 saturated carbocycles. The Morgan fingerprint density at radius 3 is 2.18 bits per heavy atom. The second-order valence-corrected chi connectivity index (χ2v) is 12.7. The summed E-state index contributed by atoms with van der Waals surface area (Å²) in [5.41, 5.74) is 3.40. The van der Waals surface area contributed by atoms with Crippen LogP contribution in [-0.2, 0) is 20.4 Å². The fourth-order valence-electron chi connectivity index (χ4n) is 4.78. The molecule has 2 heterocycles. The molecular weight excluding hydrogens is 496 g/mol. The first kappa shape index (κ1) is 27.6. The number of allylic oxidation sites excluding steroid dienone is 1. The summed E-state index contributed by atoms with van der Waals surface area (Å²) >= 11 is 1.30. The van der Waals surface area contributed by atoms with Crippen molar-refractivity contribution in [3.63, 3.8) is 0 Å². The molecule has 200 valence electrons. The van der Waals surface area contributed by atoms with E-state index in [1.165, 1.54) is 11.3 Å². The standard InChI is InChI=1S/C31H36N2O4S/c1-9-37-28(36)24-18(2)32-29-33(25(24)20-13-11-10-12-14-20)27(35)23(38-29)17-19-15-21(30(3,4)5)26(34)22(16-19)31(6,7)8/h10-17,25,34H,9H2,1-8H3/t25-/m0/s1. The second kappa shape index (κ2) is 10.0. The first-order valence-corrected chi connectivity index (χ1v) is 13.7. The molecule has 1 atom stereocenters. The number of hydrogen-bond acceptors (Lipinski definition) is 6. The zero-order chi connectivity index (χ0) is 28.0. The minimum atomic E-state index is -0.635. The Kier molecular flexibility index (Phi) is 7.28. The van der Waals surface area contributed by atoms with E-state index >= 15 is 0 Å². The molecule has 3 aromatic rings. The van der Waals surface area contributed by atoms with Gasteiger partial charge in [-0.25, -0.2) is 9.79 Å². The number of carbonyl (C=O) groups is 1. The molecule has 0 spiro atoms. The number of nitrogens with zero attached hydrogens (tertiary/aromatic N) is 2. The predicted molar refractivity (Wildman–Crippen MR) is 152 cm³/mol. The number of thiazole rings is 1. The molecule has 0 fully saturated rings. The third-order valence-corrected chi connectivity index (χ3v) is 7.66. The van der Waals surface area contributed by atoms with Crippen LogP contribution in [0.4, 0.5) is 0 Å². The lowest BCUT2D eigenvalue weighted by atomic mass is 9.78. The number of phenols is 1. The maximum absolute atomic E-state index is 13.9. The average molecular weight is 533 g/mol. The molecule has 0 amide bonds. The van der Waals surface area contributed by atoms with Crippen molar-refractivity contribution in [2.75, 3.05) is 6.61 Å². The number of ether oxygens (including phenoxy) is 1. The Labute approximate surface area is 227 Å². The van der Waals surface area contributed by atoms with Crippen molar-refractivity contribution >= 4 is 23.4 Å². The quantitative estimate of drug-likeness (QED) is 0.474. The smallest absolute Gasteiger partial charge is 0.338 e. The van der Waals surface area contributed by atoms with Gasteiger partial charge in [-0.3, -0.25) is 9.36 Å². The largest absolute Gasteiger partial charge is 0.507 e. The van der Waals surface area contributed by atoms with Crippen molar-refractivity contribution in [2.45, 2.75) is 72.3 Å². The summed E-state index contributed by atoms with van der Waals surface area (Å²) in [6.45, 7) is 16.1. The van der Waals surface area contributed by atoms with E-state index in [-0.39, 0.29) is 23.0 Å². The molecule has 0 aliphatic carbocycles. The topological polar surface area (TPSA) is 80.9 Å². The lowest BCUT2D eigenvalue weighted by Gasteiger charge is -2.27. The SMILES string of the molecule is CCOC(=O)C1=C(C)N=c2sc(=Cc3cc(C(C)(C)C)c(O)c(C(C)(C)C)c3)c(=O)n2[C@H]1c1ccccc1. The third kappa shape index (κ3) is 5.12. The van der Waals surface area contributed by atoms with E-state index in [0.717, 1.165) is 22.3 Å². The number of rotatable bonds is 4. The van der Waals surface area contributed by atoms with Crippen molar-refractivity contribution in [2.24, 2.45) is 4.99 Å². The van der Waals surface area contributed by atoms with Gasteiger partial charge in [-0.15, -0.1) is 0 Å². The summed E-state index contributed by atoms with van der Waals surface area (Å²) in [5.74, 6) is -0.178. The van der Waals surface area contributed by atoms with Gasteiger partial charge in [-0.05, 0) is 54.0 Å². The zero-order valence-corrected chi connectivity index (χ0v) is 24.2. The molecule has 0 saturated heterocycles. The Morgan fingerprint density at radius 2 is 1.66 bits per heavy atom. The van der Waals surface area contributed by atoms with E-state index in [4.69, 9.17) is 4.74 Å². The van der Waals surface area contributed by atoms with Gasteiger partial charge >= 0.3 is 5.97 Å². The average Bonchev–Trinajstić information content (AvgIpc) is 3.12. The number of aromatic hydroxyl groups is 1. The van der Waals surface area contributed by atoms with Crippen LogP contribution in [0, 0.1) is 0 Å². The van der Waals surface area contributed by atoms with Crippen LogP contribution in [0.25, 0.3) is 6.08 Å². The minimum absolute atomic E-state index is 0.223. The van der Waals surface area contributed by atoms with Gasteiger partial charge in [-0.1, -0.05) is 83.2 Å². The number of benzene rings is 2. The molecule has 1 N–H and O–H groups in total. The first-order valence-electron chi connectivity index (χ1n) is 12.9. The summed E-state index contributed by atoms with van der Waals surface area (Å²) in [5, 5.41) is 11.1. The van der Waals surface area contributed by atoms with Crippen LogP contribution in [0.5, 0.6) is 5.75 Å². The highest BCUT2D eigenvalue weighted by atomic mass is 32.1. The van der Waals surface area contributed by atoms with Crippen molar-refractivity contribution in [3.8, 4) is 5.75 Å². The monoisotopic (exact) mass is 532 g/mol.